The van der Waals surface area contributed by atoms with Crippen LogP contribution in [0, 0.1) is 0 Å². The first kappa shape index (κ1) is 9.31. The van der Waals surface area contributed by atoms with E-state index in [1.54, 1.807) is 18.5 Å². The van der Waals surface area contributed by atoms with Crippen molar-refractivity contribution in [1.29, 1.82) is 0 Å². The van der Waals surface area contributed by atoms with Crippen LogP contribution in [0.2, 0.25) is 0 Å². The van der Waals surface area contributed by atoms with Crippen LogP contribution in [0.3, 0.4) is 0 Å². The molecule has 0 aromatic carbocycles. The van der Waals surface area contributed by atoms with E-state index < -0.39 is 0 Å². The maximum atomic E-state index is 5.80. The molecule has 3 heteroatoms. The van der Waals surface area contributed by atoms with Crippen LogP contribution in [-0.2, 0) is 0 Å². The Morgan fingerprint density at radius 3 is 2.79 bits per heavy atom. The minimum atomic E-state index is 0.343. The molecule has 14 heavy (non-hydrogen) atoms. The van der Waals surface area contributed by atoms with E-state index >= 15 is 0 Å². The lowest BCUT2D eigenvalue weighted by Gasteiger charge is -2.23. The molecule has 0 bridgehead atoms. The van der Waals surface area contributed by atoms with Gasteiger partial charge in [0.25, 0.3) is 0 Å². The molecular weight excluding hydrogens is 176 g/mol. The molecular formula is C11H16N2O. The van der Waals surface area contributed by atoms with Crippen LogP contribution < -0.4 is 10.5 Å². The summed E-state index contributed by atoms with van der Waals surface area (Å²) in [5, 5.41) is 0. The minimum Gasteiger partial charge on any atom is -0.487 e. The topological polar surface area (TPSA) is 48.1 Å². The van der Waals surface area contributed by atoms with E-state index in [2.05, 4.69) is 4.98 Å². The smallest absolute Gasteiger partial charge is 0.160 e. The highest BCUT2D eigenvalue weighted by Gasteiger charge is 2.15. The molecule has 0 spiro atoms. The molecule has 0 unspecified atom stereocenters. The summed E-state index contributed by atoms with van der Waals surface area (Å²) in [6.07, 6.45) is 9.89. The van der Waals surface area contributed by atoms with Gasteiger partial charge in [0, 0.05) is 6.20 Å². The van der Waals surface area contributed by atoms with E-state index in [9.17, 15) is 0 Å². The molecule has 2 N–H and O–H groups in total. The van der Waals surface area contributed by atoms with Crippen molar-refractivity contribution < 1.29 is 4.74 Å². The average molecular weight is 192 g/mol. The highest BCUT2D eigenvalue weighted by Crippen LogP contribution is 2.26. The summed E-state index contributed by atoms with van der Waals surface area (Å²) in [5.74, 6) is 0.736. The third-order valence-corrected chi connectivity index (χ3v) is 2.66. The monoisotopic (exact) mass is 192 g/mol. The molecule has 1 fully saturated rings. The van der Waals surface area contributed by atoms with Gasteiger partial charge in [0.05, 0.1) is 18.0 Å². The SMILES string of the molecule is Nc1ccncc1OC1CCCCC1. The van der Waals surface area contributed by atoms with Crippen molar-refractivity contribution in [2.75, 3.05) is 5.73 Å². The van der Waals surface area contributed by atoms with E-state index in [0.29, 0.717) is 11.8 Å². The minimum absolute atomic E-state index is 0.343. The molecule has 0 atom stereocenters. The Labute approximate surface area is 84.3 Å². The molecule has 1 heterocycles. The number of rotatable bonds is 2. The fourth-order valence-corrected chi connectivity index (χ4v) is 1.85. The van der Waals surface area contributed by atoms with Crippen molar-refractivity contribution in [3.63, 3.8) is 0 Å². The summed E-state index contributed by atoms with van der Waals surface area (Å²) < 4.78 is 5.80. The molecule has 76 valence electrons. The zero-order valence-electron chi connectivity index (χ0n) is 8.28. The van der Waals surface area contributed by atoms with Gasteiger partial charge in [-0.25, -0.2) is 0 Å². The first-order valence-electron chi connectivity index (χ1n) is 5.22. The van der Waals surface area contributed by atoms with Gasteiger partial charge in [-0.1, -0.05) is 6.42 Å². The highest BCUT2D eigenvalue weighted by molar-refractivity contribution is 5.49. The van der Waals surface area contributed by atoms with Gasteiger partial charge in [-0.05, 0) is 31.7 Å². The molecule has 1 aromatic rings. The van der Waals surface area contributed by atoms with Crippen molar-refractivity contribution in [2.45, 2.75) is 38.2 Å². The normalized spacial score (nSPS) is 18.0. The Morgan fingerprint density at radius 1 is 1.29 bits per heavy atom. The Bertz CT molecular complexity index is 295. The van der Waals surface area contributed by atoms with Gasteiger partial charge >= 0.3 is 0 Å². The zero-order valence-corrected chi connectivity index (χ0v) is 8.28. The first-order chi connectivity index (χ1) is 6.86. The number of ether oxygens (including phenoxy) is 1. The van der Waals surface area contributed by atoms with Crippen LogP contribution in [0.4, 0.5) is 5.69 Å². The van der Waals surface area contributed by atoms with E-state index in [-0.39, 0.29) is 0 Å². The third-order valence-electron chi connectivity index (χ3n) is 2.66. The Kier molecular flexibility index (Phi) is 2.87. The first-order valence-corrected chi connectivity index (χ1v) is 5.22. The number of aromatic nitrogens is 1. The van der Waals surface area contributed by atoms with Crippen LogP contribution in [0.1, 0.15) is 32.1 Å². The Morgan fingerprint density at radius 2 is 2.07 bits per heavy atom. The maximum absolute atomic E-state index is 5.80. The lowest BCUT2D eigenvalue weighted by molar-refractivity contribution is 0.155. The van der Waals surface area contributed by atoms with Crippen molar-refractivity contribution in [3.8, 4) is 5.75 Å². The summed E-state index contributed by atoms with van der Waals surface area (Å²) in [6.45, 7) is 0. The van der Waals surface area contributed by atoms with Gasteiger partial charge < -0.3 is 10.5 Å². The standard InChI is InChI=1S/C11H16N2O/c12-10-6-7-13-8-11(10)14-9-4-2-1-3-5-9/h6-9H,1-5H2,(H2,12,13). The Balaban J connectivity index is 1.99. The number of nitrogens with zero attached hydrogens (tertiary/aromatic N) is 1. The second-order valence-corrected chi connectivity index (χ2v) is 3.79. The zero-order chi connectivity index (χ0) is 9.80. The molecule has 0 radical (unpaired) electrons. The Hall–Kier alpha value is -1.25. The highest BCUT2D eigenvalue weighted by atomic mass is 16.5. The van der Waals surface area contributed by atoms with Crippen LogP contribution >= 0.6 is 0 Å². The molecule has 3 nitrogen and oxygen atoms in total. The molecule has 0 amide bonds. The molecule has 0 aliphatic heterocycles. The van der Waals surface area contributed by atoms with E-state index in [4.69, 9.17) is 10.5 Å². The lowest BCUT2D eigenvalue weighted by Crippen LogP contribution is -2.20. The molecule has 1 saturated carbocycles. The van der Waals surface area contributed by atoms with Gasteiger partial charge in [0.15, 0.2) is 5.75 Å². The van der Waals surface area contributed by atoms with E-state index in [1.165, 1.54) is 19.3 Å². The molecule has 1 aliphatic rings. The van der Waals surface area contributed by atoms with Crippen LogP contribution in [0.15, 0.2) is 18.5 Å². The quantitative estimate of drug-likeness (QED) is 0.782. The number of hydrogen-bond acceptors (Lipinski definition) is 3. The van der Waals surface area contributed by atoms with E-state index in [1.807, 2.05) is 0 Å². The number of nitrogen functional groups attached to an aromatic ring is 1. The van der Waals surface area contributed by atoms with Crippen molar-refractivity contribution in [2.24, 2.45) is 0 Å². The molecule has 0 saturated heterocycles. The summed E-state index contributed by atoms with van der Waals surface area (Å²) >= 11 is 0. The van der Waals surface area contributed by atoms with Crippen LogP contribution in [0.25, 0.3) is 0 Å². The summed E-state index contributed by atoms with van der Waals surface area (Å²) in [5.41, 5.74) is 6.46. The van der Waals surface area contributed by atoms with Crippen molar-refractivity contribution >= 4 is 5.69 Å². The summed E-state index contributed by atoms with van der Waals surface area (Å²) in [4.78, 5) is 4.01. The number of anilines is 1. The second kappa shape index (κ2) is 4.31. The van der Waals surface area contributed by atoms with Crippen molar-refractivity contribution in [1.82, 2.24) is 4.98 Å². The number of pyridine rings is 1. The van der Waals surface area contributed by atoms with Gasteiger partial charge in [-0.3, -0.25) is 4.98 Å². The fraction of sp³-hybridized carbons (Fsp3) is 0.545. The summed E-state index contributed by atoms with van der Waals surface area (Å²) in [6, 6.07) is 1.78. The van der Waals surface area contributed by atoms with Crippen LogP contribution in [-0.4, -0.2) is 11.1 Å². The second-order valence-electron chi connectivity index (χ2n) is 3.79. The van der Waals surface area contributed by atoms with Crippen LogP contribution in [0.5, 0.6) is 5.75 Å². The predicted molar refractivity (Wildman–Crippen MR) is 56.2 cm³/mol. The van der Waals surface area contributed by atoms with Gasteiger partial charge in [-0.2, -0.15) is 0 Å². The summed E-state index contributed by atoms with van der Waals surface area (Å²) in [7, 11) is 0. The molecule has 2 rings (SSSR count). The van der Waals surface area contributed by atoms with Gasteiger partial charge in [-0.15, -0.1) is 0 Å². The average Bonchev–Trinajstić information content (AvgIpc) is 2.23. The van der Waals surface area contributed by atoms with Gasteiger partial charge in [0.1, 0.15) is 0 Å². The molecule has 1 aromatic heterocycles. The third kappa shape index (κ3) is 2.16. The largest absolute Gasteiger partial charge is 0.487 e. The lowest BCUT2D eigenvalue weighted by atomic mass is 9.98. The van der Waals surface area contributed by atoms with Gasteiger partial charge in [0.2, 0.25) is 0 Å². The predicted octanol–water partition coefficient (Wildman–Crippen LogP) is 2.38. The number of hydrogen-bond donors (Lipinski definition) is 1. The fourth-order valence-electron chi connectivity index (χ4n) is 1.85. The van der Waals surface area contributed by atoms with Crippen molar-refractivity contribution in [3.05, 3.63) is 18.5 Å². The van der Waals surface area contributed by atoms with E-state index in [0.717, 1.165) is 18.6 Å². The number of nitrogens with two attached hydrogens (primary N) is 1. The molecule has 1 aliphatic carbocycles. The maximum Gasteiger partial charge on any atom is 0.160 e.